The van der Waals surface area contributed by atoms with Crippen LogP contribution in [0.15, 0.2) is 0 Å². The molecule has 0 aliphatic heterocycles. The fourth-order valence-electron chi connectivity index (χ4n) is 2.32. The summed E-state index contributed by atoms with van der Waals surface area (Å²) in [5.74, 6) is 0. The summed E-state index contributed by atoms with van der Waals surface area (Å²) in [6.45, 7) is 2.30. The SMILES string of the molecule is CCCCCCCCCCCCCCCO[Si]([O-])([O-])[O-].[Na+].[Na+].[Na+]. The van der Waals surface area contributed by atoms with Gasteiger partial charge < -0.3 is 18.8 Å². The molecule has 0 aromatic heterocycles. The van der Waals surface area contributed by atoms with E-state index in [2.05, 4.69) is 11.3 Å². The molecule has 0 rings (SSSR count). The van der Waals surface area contributed by atoms with Gasteiger partial charge in [-0.15, -0.1) is 9.05 Å². The molecule has 122 valence electrons. The van der Waals surface area contributed by atoms with Crippen molar-refractivity contribution in [1.29, 1.82) is 0 Å². The second kappa shape index (κ2) is 25.1. The molecule has 8 heteroatoms. The second-order valence-corrected chi connectivity index (χ2v) is 6.88. The van der Waals surface area contributed by atoms with Crippen LogP contribution in [0.3, 0.4) is 0 Å². The van der Waals surface area contributed by atoms with Gasteiger partial charge in [-0.2, -0.15) is 0 Å². The van der Waals surface area contributed by atoms with Crippen molar-refractivity contribution in [1.82, 2.24) is 0 Å². The molecule has 0 saturated heterocycles. The minimum absolute atomic E-state index is 0. The molecule has 0 atom stereocenters. The first-order valence-electron chi connectivity index (χ1n) is 8.31. The quantitative estimate of drug-likeness (QED) is 0.211. The summed E-state index contributed by atoms with van der Waals surface area (Å²) in [7, 11) is -5.01. The van der Waals surface area contributed by atoms with Crippen molar-refractivity contribution in [2.24, 2.45) is 0 Å². The van der Waals surface area contributed by atoms with Crippen molar-refractivity contribution in [3.8, 4) is 0 Å². The number of hydrogen-bond donors (Lipinski definition) is 0. The van der Waals surface area contributed by atoms with Crippen LogP contribution >= 0.6 is 0 Å². The Balaban J connectivity index is -0.000000602. The monoisotopic (exact) mass is 372 g/mol. The first-order chi connectivity index (χ1) is 9.56. The molecule has 0 heterocycles. The zero-order valence-corrected chi connectivity index (χ0v) is 23.0. The smallest absolute Gasteiger partial charge is 0.861 e. The Morgan fingerprint density at radius 3 is 1.17 bits per heavy atom. The Hall–Kier alpha value is 3.06. The summed E-state index contributed by atoms with van der Waals surface area (Å²) in [6.07, 6.45) is 16.0. The molecule has 0 aromatic rings. The fourth-order valence-corrected chi connectivity index (χ4v) is 2.71. The van der Waals surface area contributed by atoms with Crippen LogP contribution in [0.1, 0.15) is 90.4 Å². The zero-order valence-electron chi connectivity index (χ0n) is 16.0. The number of hydrogen-bond acceptors (Lipinski definition) is 4. The molecule has 0 N–H and O–H groups in total. The third kappa shape index (κ3) is 33.1. The Morgan fingerprint density at radius 2 is 0.870 bits per heavy atom. The van der Waals surface area contributed by atoms with Gasteiger partial charge in [-0.3, -0.25) is 0 Å². The predicted molar refractivity (Wildman–Crippen MR) is 77.4 cm³/mol. The van der Waals surface area contributed by atoms with E-state index in [4.69, 9.17) is 0 Å². The maximum Gasteiger partial charge on any atom is 1.00 e. The predicted octanol–water partition coefficient (Wildman–Crippen LogP) is -7.38. The minimum atomic E-state index is -5.01. The first kappa shape index (κ1) is 33.6. The molecule has 0 aliphatic rings. The maximum absolute atomic E-state index is 10.2. The topological polar surface area (TPSA) is 78.4 Å². The Bertz CT molecular complexity index is 208. The van der Waals surface area contributed by atoms with Crippen molar-refractivity contribution in [2.75, 3.05) is 6.61 Å². The van der Waals surface area contributed by atoms with Gasteiger partial charge in [-0.1, -0.05) is 84.0 Å². The van der Waals surface area contributed by atoms with E-state index in [-0.39, 0.29) is 95.3 Å². The standard InChI is InChI=1S/C15H31O4Si.3Na/c1-2-3-4-5-6-7-8-9-10-11-12-13-14-15-19-20(16,17)18;;;/h2-15H2,1H3;;;/q-3;3*+1. The summed E-state index contributed by atoms with van der Waals surface area (Å²) in [6, 6.07) is 0. The van der Waals surface area contributed by atoms with E-state index >= 15 is 0 Å². The van der Waals surface area contributed by atoms with Crippen molar-refractivity contribution in [2.45, 2.75) is 90.4 Å². The summed E-state index contributed by atoms with van der Waals surface area (Å²) >= 11 is 0. The molecule has 0 unspecified atom stereocenters. The van der Waals surface area contributed by atoms with Crippen molar-refractivity contribution >= 4 is 9.05 Å². The van der Waals surface area contributed by atoms with Crippen molar-refractivity contribution in [3.63, 3.8) is 0 Å². The van der Waals surface area contributed by atoms with Crippen LogP contribution in [0.2, 0.25) is 0 Å². The third-order valence-electron chi connectivity index (χ3n) is 3.53. The molecule has 0 bridgehead atoms. The summed E-state index contributed by atoms with van der Waals surface area (Å²) < 4.78 is 4.20. The minimum Gasteiger partial charge on any atom is -0.861 e. The zero-order chi connectivity index (χ0) is 15.1. The molecule has 0 spiro atoms. The molecule has 23 heavy (non-hydrogen) atoms. The first-order valence-corrected chi connectivity index (χ1v) is 9.95. The molecule has 0 fully saturated rings. The van der Waals surface area contributed by atoms with E-state index in [0.717, 1.165) is 12.8 Å². The van der Waals surface area contributed by atoms with E-state index in [0.29, 0.717) is 6.42 Å². The number of unbranched alkanes of at least 4 members (excludes halogenated alkanes) is 12. The van der Waals surface area contributed by atoms with Gasteiger partial charge in [0, 0.05) is 6.61 Å². The van der Waals surface area contributed by atoms with Gasteiger partial charge in [-0.05, 0) is 6.42 Å². The summed E-state index contributed by atoms with van der Waals surface area (Å²) in [4.78, 5) is 30.7. The van der Waals surface area contributed by atoms with E-state index in [1.165, 1.54) is 64.2 Å². The molecular weight excluding hydrogens is 341 g/mol. The van der Waals surface area contributed by atoms with Gasteiger partial charge in [0.25, 0.3) is 0 Å². The fraction of sp³-hybridized carbons (Fsp3) is 1.00. The molecule has 0 aromatic carbocycles. The van der Waals surface area contributed by atoms with Crippen molar-refractivity contribution < 1.29 is 107 Å². The van der Waals surface area contributed by atoms with E-state index in [1.807, 2.05) is 0 Å². The normalized spacial score (nSPS) is 10.4. The van der Waals surface area contributed by atoms with Crippen LogP contribution in [0.5, 0.6) is 0 Å². The average Bonchev–Trinajstić information content (AvgIpc) is 2.38. The van der Waals surface area contributed by atoms with Gasteiger partial charge in [0.1, 0.15) is 0 Å². The average molecular weight is 372 g/mol. The molecule has 0 aliphatic carbocycles. The van der Waals surface area contributed by atoms with Gasteiger partial charge in [0.15, 0.2) is 0 Å². The maximum atomic E-state index is 10.2. The molecule has 0 radical (unpaired) electrons. The largest absolute Gasteiger partial charge is 1.00 e. The van der Waals surface area contributed by atoms with Gasteiger partial charge in [0.05, 0.1) is 0 Å². The van der Waals surface area contributed by atoms with Gasteiger partial charge >= 0.3 is 88.7 Å². The number of rotatable bonds is 15. The van der Waals surface area contributed by atoms with Gasteiger partial charge in [-0.25, -0.2) is 0 Å². The summed E-state index contributed by atoms with van der Waals surface area (Å²) in [5, 5.41) is 0. The molecule has 0 saturated carbocycles. The summed E-state index contributed by atoms with van der Waals surface area (Å²) in [5.41, 5.74) is 0. The Morgan fingerprint density at radius 1 is 0.565 bits per heavy atom. The van der Waals surface area contributed by atoms with Crippen LogP contribution in [0.4, 0.5) is 0 Å². The van der Waals surface area contributed by atoms with Crippen LogP contribution in [0, 0.1) is 0 Å². The second-order valence-electron chi connectivity index (χ2n) is 5.59. The van der Waals surface area contributed by atoms with E-state index in [9.17, 15) is 14.4 Å². The van der Waals surface area contributed by atoms with Gasteiger partial charge in [0.2, 0.25) is 0 Å². The third-order valence-corrected chi connectivity index (χ3v) is 4.08. The van der Waals surface area contributed by atoms with Crippen LogP contribution in [-0.2, 0) is 4.43 Å². The van der Waals surface area contributed by atoms with Crippen LogP contribution < -0.4 is 103 Å². The van der Waals surface area contributed by atoms with Crippen LogP contribution in [0.25, 0.3) is 0 Å². The Labute approximate surface area is 210 Å². The van der Waals surface area contributed by atoms with E-state index < -0.39 is 9.05 Å². The van der Waals surface area contributed by atoms with E-state index in [1.54, 1.807) is 0 Å². The van der Waals surface area contributed by atoms with Crippen molar-refractivity contribution in [3.05, 3.63) is 0 Å². The molecule has 4 nitrogen and oxygen atoms in total. The Kier molecular flexibility index (Phi) is 36.6. The molecule has 0 amide bonds. The molecular formula is C15H31Na3O4Si. The van der Waals surface area contributed by atoms with Crippen LogP contribution in [-0.4, -0.2) is 15.7 Å².